The Bertz CT molecular complexity index is 650. The minimum Gasteiger partial charge on any atom is -0.340 e. The largest absolute Gasteiger partial charge is 0.340 e. The Morgan fingerprint density at radius 2 is 2.11 bits per heavy atom. The number of nitriles is 1. The van der Waals surface area contributed by atoms with Gasteiger partial charge in [0.15, 0.2) is 0 Å². The molecule has 1 aromatic carbocycles. The monoisotopic (exact) mass is 292 g/mol. The summed E-state index contributed by atoms with van der Waals surface area (Å²) in [5, 5.41) is 12.8. The first-order chi connectivity index (χ1) is 9.15. The lowest BCUT2D eigenvalue weighted by molar-refractivity contribution is 1.05. The number of hydrogen-bond donors (Lipinski definition) is 1. The summed E-state index contributed by atoms with van der Waals surface area (Å²) < 4.78 is 0. The van der Waals surface area contributed by atoms with Gasteiger partial charge in [-0.25, -0.2) is 9.97 Å². The Kier molecular flexibility index (Phi) is 4.20. The van der Waals surface area contributed by atoms with Crippen LogP contribution in [0.2, 0.25) is 10.2 Å². The number of halogens is 2. The molecule has 1 N–H and O–H groups in total. The van der Waals surface area contributed by atoms with Gasteiger partial charge in [0.2, 0.25) is 0 Å². The summed E-state index contributed by atoms with van der Waals surface area (Å²) in [6, 6.07) is 7.10. The first-order valence-corrected chi connectivity index (χ1v) is 6.37. The molecule has 0 fully saturated rings. The van der Waals surface area contributed by atoms with Crippen LogP contribution in [-0.2, 0) is 6.42 Å². The number of hydrogen-bond acceptors (Lipinski definition) is 4. The smallest absolute Gasteiger partial charge is 0.138 e. The van der Waals surface area contributed by atoms with Crippen molar-refractivity contribution in [3.8, 4) is 6.07 Å². The fraction of sp³-hybridized carbons (Fsp3) is 0.154. The number of nitrogens with one attached hydrogen (secondary N) is 1. The van der Waals surface area contributed by atoms with Gasteiger partial charge in [-0.1, -0.05) is 30.1 Å². The lowest BCUT2D eigenvalue weighted by atomic mass is 10.2. The van der Waals surface area contributed by atoms with E-state index in [4.69, 9.17) is 28.5 Å². The van der Waals surface area contributed by atoms with E-state index in [0.717, 1.165) is 11.3 Å². The maximum absolute atomic E-state index is 8.82. The topological polar surface area (TPSA) is 61.6 Å². The number of rotatable bonds is 3. The second kappa shape index (κ2) is 5.87. The van der Waals surface area contributed by atoms with E-state index in [1.165, 1.54) is 6.33 Å². The highest BCUT2D eigenvalue weighted by atomic mass is 35.5. The van der Waals surface area contributed by atoms with Crippen LogP contribution in [0.25, 0.3) is 0 Å². The average molecular weight is 293 g/mol. The maximum Gasteiger partial charge on any atom is 0.138 e. The molecule has 1 heterocycles. The summed E-state index contributed by atoms with van der Waals surface area (Å²) in [7, 11) is 0. The third kappa shape index (κ3) is 2.95. The Labute approximate surface area is 121 Å². The van der Waals surface area contributed by atoms with Crippen LogP contribution in [0.3, 0.4) is 0 Å². The van der Waals surface area contributed by atoms with Crippen LogP contribution < -0.4 is 5.32 Å². The van der Waals surface area contributed by atoms with Gasteiger partial charge in [-0.3, -0.25) is 0 Å². The van der Waals surface area contributed by atoms with Gasteiger partial charge >= 0.3 is 0 Å². The van der Waals surface area contributed by atoms with Gasteiger partial charge in [0.1, 0.15) is 23.4 Å². The molecule has 96 valence electrons. The summed E-state index contributed by atoms with van der Waals surface area (Å²) in [4.78, 5) is 8.11. The van der Waals surface area contributed by atoms with Crippen LogP contribution in [0.4, 0.5) is 11.5 Å². The van der Waals surface area contributed by atoms with E-state index < -0.39 is 0 Å². The third-order valence-corrected chi connectivity index (χ3v) is 3.24. The predicted molar refractivity (Wildman–Crippen MR) is 75.9 cm³/mol. The summed E-state index contributed by atoms with van der Waals surface area (Å²) in [5.74, 6) is 0.642. The molecule has 4 nitrogen and oxygen atoms in total. The molecule has 6 heteroatoms. The second-order valence-corrected chi connectivity index (χ2v) is 4.54. The Morgan fingerprint density at radius 1 is 1.32 bits per heavy atom. The molecule has 0 bridgehead atoms. The number of nitrogens with zero attached hydrogens (tertiary/aromatic N) is 3. The van der Waals surface area contributed by atoms with Crippen molar-refractivity contribution in [3.05, 3.63) is 45.8 Å². The molecule has 2 aromatic rings. The van der Waals surface area contributed by atoms with E-state index in [-0.39, 0.29) is 0 Å². The number of aromatic nitrogens is 2. The van der Waals surface area contributed by atoms with Crippen LogP contribution in [-0.4, -0.2) is 9.97 Å². The van der Waals surface area contributed by atoms with Crippen molar-refractivity contribution in [2.45, 2.75) is 13.3 Å². The zero-order chi connectivity index (χ0) is 13.8. The molecule has 19 heavy (non-hydrogen) atoms. The van der Waals surface area contributed by atoms with E-state index in [1.807, 2.05) is 13.0 Å². The van der Waals surface area contributed by atoms with Crippen molar-refractivity contribution >= 4 is 34.7 Å². The number of anilines is 2. The van der Waals surface area contributed by atoms with Crippen molar-refractivity contribution in [1.29, 1.82) is 5.26 Å². The van der Waals surface area contributed by atoms with Crippen molar-refractivity contribution < 1.29 is 0 Å². The zero-order valence-corrected chi connectivity index (χ0v) is 11.6. The second-order valence-electron chi connectivity index (χ2n) is 3.78. The normalized spacial score (nSPS) is 10.0. The van der Waals surface area contributed by atoms with Gasteiger partial charge in [-0.05, 0) is 24.6 Å². The highest BCUT2D eigenvalue weighted by Crippen LogP contribution is 2.26. The Morgan fingerprint density at radius 3 is 2.74 bits per heavy atom. The zero-order valence-electron chi connectivity index (χ0n) is 10.1. The highest BCUT2D eigenvalue weighted by Gasteiger charge is 2.09. The van der Waals surface area contributed by atoms with Gasteiger partial charge in [0, 0.05) is 11.3 Å². The lowest BCUT2D eigenvalue weighted by Crippen LogP contribution is -2.00. The van der Waals surface area contributed by atoms with E-state index in [2.05, 4.69) is 15.3 Å². The molecule has 0 saturated carbocycles. The van der Waals surface area contributed by atoms with E-state index in [9.17, 15) is 0 Å². The lowest BCUT2D eigenvalue weighted by Gasteiger charge is -2.10. The van der Waals surface area contributed by atoms with Crippen molar-refractivity contribution in [1.82, 2.24) is 9.97 Å². The molecule has 1 aromatic heterocycles. The molecule has 0 saturated heterocycles. The van der Waals surface area contributed by atoms with Crippen LogP contribution in [0, 0.1) is 11.3 Å². The van der Waals surface area contributed by atoms with Crippen LogP contribution in [0.15, 0.2) is 24.5 Å². The van der Waals surface area contributed by atoms with E-state index >= 15 is 0 Å². The Hall–Kier alpha value is -1.83. The molecule has 0 amide bonds. The molecule has 0 atom stereocenters. The van der Waals surface area contributed by atoms with E-state index in [0.29, 0.717) is 28.0 Å². The van der Waals surface area contributed by atoms with Gasteiger partial charge < -0.3 is 5.32 Å². The maximum atomic E-state index is 8.82. The van der Waals surface area contributed by atoms with Crippen LogP contribution in [0.1, 0.15) is 18.1 Å². The first-order valence-electron chi connectivity index (χ1n) is 5.61. The van der Waals surface area contributed by atoms with Crippen molar-refractivity contribution in [3.63, 3.8) is 0 Å². The van der Waals surface area contributed by atoms with Gasteiger partial charge in [0.05, 0.1) is 10.6 Å². The van der Waals surface area contributed by atoms with Gasteiger partial charge in [-0.15, -0.1) is 0 Å². The fourth-order valence-corrected chi connectivity index (χ4v) is 2.12. The fourth-order valence-electron chi connectivity index (χ4n) is 1.63. The molecular formula is C13H10Cl2N4. The van der Waals surface area contributed by atoms with E-state index in [1.54, 1.807) is 18.2 Å². The molecule has 0 aliphatic heterocycles. The molecule has 0 unspecified atom stereocenters. The predicted octanol–water partition coefficient (Wildman–Crippen LogP) is 3.96. The van der Waals surface area contributed by atoms with Crippen molar-refractivity contribution in [2.24, 2.45) is 0 Å². The van der Waals surface area contributed by atoms with Crippen LogP contribution >= 0.6 is 23.2 Å². The summed E-state index contributed by atoms with van der Waals surface area (Å²) in [6.07, 6.45) is 2.11. The average Bonchev–Trinajstić information content (AvgIpc) is 2.39. The standard InChI is InChI=1S/C13H10Cl2N4/c1-2-10-12(15)17-7-18-13(10)19-9-4-3-8(6-16)11(14)5-9/h3-5,7H,2H2,1H3,(H,17,18,19). The molecule has 2 rings (SSSR count). The van der Waals surface area contributed by atoms with Gasteiger partial charge in [-0.2, -0.15) is 5.26 Å². The number of benzene rings is 1. The SMILES string of the molecule is CCc1c(Cl)ncnc1Nc1ccc(C#N)c(Cl)c1. The minimum atomic E-state index is 0.394. The Balaban J connectivity index is 2.34. The molecule has 0 spiro atoms. The van der Waals surface area contributed by atoms with Crippen molar-refractivity contribution in [2.75, 3.05) is 5.32 Å². The molecular weight excluding hydrogens is 283 g/mol. The minimum absolute atomic E-state index is 0.394. The summed E-state index contributed by atoms with van der Waals surface area (Å²) in [5.41, 5.74) is 2.02. The highest BCUT2D eigenvalue weighted by molar-refractivity contribution is 6.32. The quantitative estimate of drug-likeness (QED) is 0.870. The summed E-state index contributed by atoms with van der Waals surface area (Å²) in [6.45, 7) is 1.97. The summed E-state index contributed by atoms with van der Waals surface area (Å²) >= 11 is 12.0. The third-order valence-electron chi connectivity index (χ3n) is 2.60. The molecule has 0 radical (unpaired) electrons. The first kappa shape index (κ1) is 13.6. The van der Waals surface area contributed by atoms with Crippen LogP contribution in [0.5, 0.6) is 0 Å². The molecule has 0 aliphatic rings. The molecule has 0 aliphatic carbocycles. The van der Waals surface area contributed by atoms with Gasteiger partial charge in [0.25, 0.3) is 0 Å².